The number of pyridine rings is 1. The number of halogens is 2. The van der Waals surface area contributed by atoms with E-state index in [1.54, 1.807) is 4.90 Å². The van der Waals surface area contributed by atoms with Crippen LogP contribution in [-0.4, -0.2) is 57.9 Å². The van der Waals surface area contributed by atoms with Gasteiger partial charge in [0, 0.05) is 44.8 Å². The van der Waals surface area contributed by atoms with E-state index in [9.17, 15) is 28.0 Å². The van der Waals surface area contributed by atoms with Gasteiger partial charge in [-0.05, 0) is 51.5 Å². The monoisotopic (exact) mass is 630 g/mol. The van der Waals surface area contributed by atoms with Crippen LogP contribution in [0.25, 0.3) is 0 Å². The molecular weight excluding hydrogens is 590 g/mol. The van der Waals surface area contributed by atoms with E-state index in [0.29, 0.717) is 37.7 Å². The Morgan fingerprint density at radius 1 is 1.24 bits per heavy atom. The number of nitrogens with one attached hydrogen (secondary N) is 1. The van der Waals surface area contributed by atoms with E-state index in [4.69, 9.17) is 14.3 Å². The Hall–Kier alpha value is -4.29. The van der Waals surface area contributed by atoms with Crippen molar-refractivity contribution in [2.75, 3.05) is 13.2 Å². The smallest absolute Gasteiger partial charge is 0.434 e. The molecule has 1 fully saturated rings. The third kappa shape index (κ3) is 6.57. The number of amides is 2. The maximum absolute atomic E-state index is 14.3. The number of ether oxygens (including phenoxy) is 2. The van der Waals surface area contributed by atoms with Gasteiger partial charge in [-0.3, -0.25) is 14.4 Å². The summed E-state index contributed by atoms with van der Waals surface area (Å²) >= 11 is 0. The average Bonchev–Trinajstić information content (AvgIpc) is 3.31. The molecule has 1 saturated heterocycles. The van der Waals surface area contributed by atoms with Crippen molar-refractivity contribution in [3.05, 3.63) is 63.1 Å². The van der Waals surface area contributed by atoms with Crippen LogP contribution in [0, 0.1) is 17.6 Å². The Kier molecular flexibility index (Phi) is 9.26. The van der Waals surface area contributed by atoms with Crippen LogP contribution < -0.4 is 15.5 Å². The summed E-state index contributed by atoms with van der Waals surface area (Å²) < 4.78 is 39.8. The zero-order valence-corrected chi connectivity index (χ0v) is 25.9. The molecule has 2 amide bonds. The van der Waals surface area contributed by atoms with Crippen LogP contribution in [0.15, 0.2) is 34.3 Å². The number of fused-ring (bicyclic) bond motifs is 5. The highest BCUT2D eigenvalue weighted by molar-refractivity contribution is 6.00. The van der Waals surface area contributed by atoms with Crippen molar-refractivity contribution < 1.29 is 38.9 Å². The summed E-state index contributed by atoms with van der Waals surface area (Å²) in [6.45, 7) is 7.81. The van der Waals surface area contributed by atoms with Crippen molar-refractivity contribution in [3.63, 3.8) is 0 Å². The summed E-state index contributed by atoms with van der Waals surface area (Å²) in [5.74, 6) is -3.23. The predicted molar refractivity (Wildman–Crippen MR) is 161 cm³/mol. The maximum Gasteiger partial charge on any atom is 0.514 e. The van der Waals surface area contributed by atoms with Crippen LogP contribution >= 0.6 is 0 Å². The fourth-order valence-electron chi connectivity index (χ4n) is 6.23. The summed E-state index contributed by atoms with van der Waals surface area (Å²) in [7, 11) is 0. The number of hydrogen-bond donors (Lipinski definition) is 1. The molecule has 2 bridgehead atoms. The number of benzene rings is 1. The molecule has 0 saturated carbocycles. The van der Waals surface area contributed by atoms with E-state index in [1.165, 1.54) is 16.8 Å². The molecule has 0 radical (unpaired) electrons. The van der Waals surface area contributed by atoms with Crippen molar-refractivity contribution in [3.8, 4) is 5.75 Å². The van der Waals surface area contributed by atoms with Gasteiger partial charge in [0.1, 0.15) is 17.2 Å². The first-order chi connectivity index (χ1) is 21.4. The molecule has 3 aliphatic heterocycles. The summed E-state index contributed by atoms with van der Waals surface area (Å²) in [5.41, 5.74) is -1.77. The van der Waals surface area contributed by atoms with Gasteiger partial charge in [0.15, 0.2) is 11.3 Å². The van der Waals surface area contributed by atoms with Crippen molar-refractivity contribution in [1.29, 1.82) is 0 Å². The number of oxime groups is 1. The Bertz CT molecular complexity index is 1600. The van der Waals surface area contributed by atoms with Gasteiger partial charge in [0.25, 0.3) is 11.8 Å². The third-order valence-electron chi connectivity index (χ3n) is 8.70. The molecule has 0 unspecified atom stereocenters. The van der Waals surface area contributed by atoms with Crippen LogP contribution in [0.2, 0.25) is 0 Å². The van der Waals surface area contributed by atoms with E-state index in [2.05, 4.69) is 24.3 Å². The maximum atomic E-state index is 14.3. The van der Waals surface area contributed by atoms with Gasteiger partial charge in [-0.15, -0.1) is 0 Å². The average molecular weight is 631 g/mol. The predicted octanol–water partition coefficient (Wildman–Crippen LogP) is 5.36. The number of carbonyl (C=O) groups is 3. The molecular formula is C32H40F2N4O7. The number of carbonyl (C=O) groups excluding carboxylic acids is 3. The summed E-state index contributed by atoms with van der Waals surface area (Å²) in [6, 6.07) is 2.11. The molecule has 45 heavy (non-hydrogen) atoms. The lowest BCUT2D eigenvalue weighted by atomic mass is 9.84. The Labute approximate surface area is 261 Å². The topological polar surface area (TPSA) is 129 Å². The first kappa shape index (κ1) is 32.1. The van der Waals surface area contributed by atoms with Gasteiger partial charge in [0.05, 0.1) is 18.4 Å². The molecule has 11 nitrogen and oxygen atoms in total. The normalized spacial score (nSPS) is 22.1. The molecule has 1 aromatic heterocycles. The molecule has 13 heteroatoms. The zero-order valence-electron chi connectivity index (χ0n) is 25.9. The van der Waals surface area contributed by atoms with Crippen LogP contribution in [0.4, 0.5) is 13.6 Å². The largest absolute Gasteiger partial charge is 0.514 e. The molecule has 244 valence electrons. The van der Waals surface area contributed by atoms with Crippen LogP contribution in [-0.2, 0) is 16.1 Å². The minimum absolute atomic E-state index is 0. The van der Waals surface area contributed by atoms with Crippen molar-refractivity contribution in [2.24, 2.45) is 11.1 Å². The lowest BCUT2D eigenvalue weighted by Gasteiger charge is -2.42. The highest BCUT2D eigenvalue weighted by atomic mass is 19.1. The highest BCUT2D eigenvalue weighted by Crippen LogP contribution is 2.46. The second-order valence-corrected chi connectivity index (χ2v) is 12.5. The molecule has 0 aliphatic carbocycles. The SMILES string of the molecule is CC1=NO[C@@]2(CC[C@H](C)N3C[C@H]2n2cc(C(=O)NCc4ccc(F)cc4F)c(=O)c(OC(=O)OCCCCC(C)C)c2C3=O)C1.[HH]. The quantitative estimate of drug-likeness (QED) is 0.292. The molecule has 1 aromatic carbocycles. The standard InChI is InChI=1S/C32H38F2N4O7.H2/c1-18(2)7-5-6-12-43-31(42)44-28-26-30(41)37-17-25(32(11-10-20(37)4)14-19(3)36-45-32)38(26)16-23(27(28)39)29(40)35-15-21-8-9-22(33)13-24(21)34;/h8-9,13,16,18,20,25H,5-7,10-12,14-15,17H2,1-4H3,(H,35,40);1H/t20-,25+,32-;/m0./s1. The van der Waals surface area contributed by atoms with Gasteiger partial charge >= 0.3 is 6.16 Å². The number of rotatable bonds is 9. The second-order valence-electron chi connectivity index (χ2n) is 12.5. The van der Waals surface area contributed by atoms with Gasteiger partial charge in [-0.1, -0.05) is 31.5 Å². The van der Waals surface area contributed by atoms with E-state index in [0.717, 1.165) is 24.6 Å². The first-order valence-corrected chi connectivity index (χ1v) is 15.3. The van der Waals surface area contributed by atoms with E-state index in [-0.39, 0.29) is 38.4 Å². The van der Waals surface area contributed by atoms with Gasteiger partial charge < -0.3 is 29.1 Å². The lowest BCUT2D eigenvalue weighted by Crippen LogP contribution is -2.52. The molecule has 2 aromatic rings. The highest BCUT2D eigenvalue weighted by Gasteiger charge is 2.54. The number of unbranched alkanes of at least 4 members (excludes halogenated alkanes) is 1. The minimum Gasteiger partial charge on any atom is -0.434 e. The third-order valence-corrected chi connectivity index (χ3v) is 8.70. The van der Waals surface area contributed by atoms with Crippen LogP contribution in [0.1, 0.15) is 100 Å². The molecule has 1 N–H and O–H groups in total. The Morgan fingerprint density at radius 3 is 2.71 bits per heavy atom. The summed E-state index contributed by atoms with van der Waals surface area (Å²) in [4.78, 5) is 61.7. The minimum atomic E-state index is -1.18. The molecule has 1 spiro atoms. The molecule has 3 aliphatic rings. The van der Waals surface area contributed by atoms with Gasteiger partial charge in [-0.25, -0.2) is 13.6 Å². The fourth-order valence-corrected chi connectivity index (χ4v) is 6.23. The number of aromatic nitrogens is 1. The fraction of sp³-hybridized carbons (Fsp3) is 0.531. The van der Waals surface area contributed by atoms with Crippen molar-refractivity contribution in [2.45, 2.75) is 90.4 Å². The zero-order chi connectivity index (χ0) is 32.5. The summed E-state index contributed by atoms with van der Waals surface area (Å²) in [6.07, 6.45) is 4.01. The Balaban J connectivity index is 0.00000480. The van der Waals surface area contributed by atoms with E-state index < -0.39 is 58.0 Å². The van der Waals surface area contributed by atoms with Crippen molar-refractivity contribution >= 4 is 23.7 Å². The second kappa shape index (κ2) is 13.0. The van der Waals surface area contributed by atoms with Crippen LogP contribution in [0.3, 0.4) is 0 Å². The first-order valence-electron chi connectivity index (χ1n) is 15.3. The van der Waals surface area contributed by atoms with Gasteiger partial charge in [0.2, 0.25) is 11.2 Å². The molecule has 5 rings (SSSR count). The molecule has 3 atom stereocenters. The molecule has 4 heterocycles. The van der Waals surface area contributed by atoms with E-state index in [1.807, 2.05) is 13.8 Å². The number of nitrogens with zero attached hydrogens (tertiary/aromatic N) is 3. The van der Waals surface area contributed by atoms with Crippen LogP contribution in [0.5, 0.6) is 5.75 Å². The van der Waals surface area contributed by atoms with E-state index >= 15 is 0 Å². The van der Waals surface area contributed by atoms with Crippen molar-refractivity contribution in [1.82, 2.24) is 14.8 Å². The lowest BCUT2D eigenvalue weighted by molar-refractivity contribution is -0.0655. The van der Waals surface area contributed by atoms with Gasteiger partial charge in [-0.2, -0.15) is 0 Å². The number of hydrogen-bond acceptors (Lipinski definition) is 8. The summed E-state index contributed by atoms with van der Waals surface area (Å²) in [5, 5.41) is 6.67. The Morgan fingerprint density at radius 2 is 2.02 bits per heavy atom.